The molecule has 2 nitrogen and oxygen atoms in total. The second-order valence-electron chi connectivity index (χ2n) is 0. The molecule has 0 saturated carbocycles. The standard InChI is InChI=1S/2ClH.2H2O.Rh/h2*1H;2*1H2;/q;;;;+2/p-2. The maximum absolute atomic E-state index is 0. The molecule has 5 heavy (non-hydrogen) atoms. The first kappa shape index (κ1) is 127. The van der Waals surface area contributed by atoms with Crippen LogP contribution < -0.4 is 24.8 Å². The van der Waals surface area contributed by atoms with Gasteiger partial charge in [0.1, 0.15) is 0 Å². The Labute approximate surface area is 55.5 Å². The van der Waals surface area contributed by atoms with Crippen molar-refractivity contribution in [3.63, 3.8) is 0 Å². The Balaban J connectivity index is 0. The van der Waals surface area contributed by atoms with Crippen LogP contribution in [0.3, 0.4) is 0 Å². The average molecular weight is 210 g/mol. The van der Waals surface area contributed by atoms with E-state index in [-0.39, 0.29) is 55.2 Å². The molecule has 0 aliphatic rings. The van der Waals surface area contributed by atoms with Crippen LogP contribution in [0.2, 0.25) is 0 Å². The molecule has 0 aliphatic heterocycles. The van der Waals surface area contributed by atoms with E-state index in [4.69, 9.17) is 0 Å². The van der Waals surface area contributed by atoms with Gasteiger partial charge in [0.05, 0.1) is 0 Å². The molecule has 0 amide bonds. The van der Waals surface area contributed by atoms with Gasteiger partial charge in [0.2, 0.25) is 0 Å². The number of hydrogen-bond acceptors (Lipinski definition) is 0. The maximum Gasteiger partial charge on any atom is 2.00 e. The zero-order valence-corrected chi connectivity index (χ0v) is 5.24. The van der Waals surface area contributed by atoms with Crippen LogP contribution in [-0.2, 0) is 19.5 Å². The predicted molar refractivity (Wildman–Crippen MR) is 7.23 cm³/mol. The van der Waals surface area contributed by atoms with E-state index in [2.05, 4.69) is 0 Å². The van der Waals surface area contributed by atoms with Crippen LogP contribution in [-0.4, -0.2) is 11.0 Å². The summed E-state index contributed by atoms with van der Waals surface area (Å²) in [7, 11) is 0. The van der Waals surface area contributed by atoms with E-state index in [9.17, 15) is 0 Å². The van der Waals surface area contributed by atoms with Crippen molar-refractivity contribution in [1.82, 2.24) is 0 Å². The number of hydrogen-bond donors (Lipinski definition) is 0. The Morgan fingerprint density at radius 2 is 0.600 bits per heavy atom. The van der Waals surface area contributed by atoms with Crippen molar-refractivity contribution in [2.75, 3.05) is 0 Å². The zero-order valence-electron chi connectivity index (χ0n) is 2.09. The van der Waals surface area contributed by atoms with Crippen molar-refractivity contribution in [2.24, 2.45) is 0 Å². The summed E-state index contributed by atoms with van der Waals surface area (Å²) in [6.45, 7) is 0. The van der Waals surface area contributed by atoms with Gasteiger partial charge in [-0.1, -0.05) is 0 Å². The second-order valence-corrected chi connectivity index (χ2v) is 0. The van der Waals surface area contributed by atoms with Crippen molar-refractivity contribution < 1.29 is 55.2 Å². The monoisotopic (exact) mass is 209 g/mol. The quantitative estimate of drug-likeness (QED) is 0.356. The Hall–Kier alpha value is 1.12. The summed E-state index contributed by atoms with van der Waals surface area (Å²) in [5, 5.41) is 0. The van der Waals surface area contributed by atoms with E-state index < -0.39 is 0 Å². The third-order valence-corrected chi connectivity index (χ3v) is 0. The Morgan fingerprint density at radius 1 is 0.600 bits per heavy atom. The average Bonchev–Trinajstić information content (AvgIpc) is 0. The summed E-state index contributed by atoms with van der Waals surface area (Å²) in [6, 6.07) is 0. The van der Waals surface area contributed by atoms with Crippen LogP contribution in [0.5, 0.6) is 0 Å². The van der Waals surface area contributed by atoms with Crippen molar-refractivity contribution in [3.05, 3.63) is 0 Å². The van der Waals surface area contributed by atoms with Crippen molar-refractivity contribution in [2.45, 2.75) is 0 Å². The molecular formula is H4Cl2O2Rh. The summed E-state index contributed by atoms with van der Waals surface area (Å²) in [5.41, 5.74) is 0. The molecule has 39 valence electrons. The summed E-state index contributed by atoms with van der Waals surface area (Å²) < 4.78 is 0. The summed E-state index contributed by atoms with van der Waals surface area (Å²) in [5.74, 6) is 0. The normalized spacial score (nSPS) is 0. The minimum atomic E-state index is 0. The van der Waals surface area contributed by atoms with Crippen LogP contribution in [0.1, 0.15) is 0 Å². The van der Waals surface area contributed by atoms with Gasteiger partial charge in [-0.3, -0.25) is 0 Å². The molecule has 0 saturated heterocycles. The van der Waals surface area contributed by atoms with Crippen molar-refractivity contribution in [1.29, 1.82) is 0 Å². The van der Waals surface area contributed by atoms with Gasteiger partial charge in [-0.25, -0.2) is 0 Å². The van der Waals surface area contributed by atoms with Gasteiger partial charge in [0, 0.05) is 0 Å². The minimum absolute atomic E-state index is 0. The van der Waals surface area contributed by atoms with Crippen LogP contribution >= 0.6 is 0 Å². The molecule has 0 aliphatic carbocycles. The van der Waals surface area contributed by atoms with Gasteiger partial charge in [-0.05, 0) is 0 Å². The fraction of sp³-hybridized carbons (Fsp3) is 0. The topological polar surface area (TPSA) is 63.0 Å². The first-order valence-electron chi connectivity index (χ1n) is 0. The van der Waals surface area contributed by atoms with Crippen LogP contribution in [0.15, 0.2) is 0 Å². The van der Waals surface area contributed by atoms with Gasteiger partial charge < -0.3 is 35.8 Å². The molecule has 0 fully saturated rings. The van der Waals surface area contributed by atoms with Gasteiger partial charge in [0.15, 0.2) is 0 Å². The third kappa shape index (κ3) is 39.6. The van der Waals surface area contributed by atoms with E-state index in [1.54, 1.807) is 0 Å². The second kappa shape index (κ2) is 69.0. The van der Waals surface area contributed by atoms with Crippen LogP contribution in [0.4, 0.5) is 0 Å². The van der Waals surface area contributed by atoms with E-state index in [1.807, 2.05) is 0 Å². The molecule has 0 aromatic heterocycles. The molecule has 4 N–H and O–H groups in total. The molecule has 0 aromatic rings. The molecular weight excluding hydrogens is 206 g/mol. The van der Waals surface area contributed by atoms with Gasteiger partial charge in [-0.15, -0.1) is 0 Å². The fourth-order valence-corrected chi connectivity index (χ4v) is 0. The minimum Gasteiger partial charge on any atom is -1.00 e. The maximum atomic E-state index is 0. The molecule has 0 unspecified atom stereocenters. The van der Waals surface area contributed by atoms with E-state index in [1.165, 1.54) is 0 Å². The molecule has 1 radical (unpaired) electrons. The smallest absolute Gasteiger partial charge is 1.00 e. The molecule has 0 spiro atoms. The first-order chi connectivity index (χ1) is 0. The third-order valence-electron chi connectivity index (χ3n) is 0. The van der Waals surface area contributed by atoms with E-state index in [0.29, 0.717) is 0 Å². The number of rotatable bonds is 0. The van der Waals surface area contributed by atoms with Gasteiger partial charge in [0.25, 0.3) is 0 Å². The molecule has 0 atom stereocenters. The number of halogens is 2. The summed E-state index contributed by atoms with van der Waals surface area (Å²) in [4.78, 5) is 0. The zero-order chi connectivity index (χ0) is 0. The SMILES string of the molecule is O.O.[Cl-].[Cl-].[Rh+2]. The van der Waals surface area contributed by atoms with Gasteiger partial charge in [-0.2, -0.15) is 0 Å². The van der Waals surface area contributed by atoms with Crippen LogP contribution in [0, 0.1) is 0 Å². The van der Waals surface area contributed by atoms with E-state index >= 15 is 0 Å². The van der Waals surface area contributed by atoms with E-state index in [0.717, 1.165) is 0 Å². The Morgan fingerprint density at radius 3 is 0.600 bits per heavy atom. The molecule has 5 heteroatoms. The fourth-order valence-electron chi connectivity index (χ4n) is 0. The molecule has 0 heterocycles. The Kier molecular flexibility index (Phi) is 1760. The summed E-state index contributed by atoms with van der Waals surface area (Å²) >= 11 is 0. The molecule has 0 aromatic carbocycles. The Bertz CT molecular complexity index is 7.61. The molecule has 0 rings (SSSR count). The van der Waals surface area contributed by atoms with Crippen LogP contribution in [0.25, 0.3) is 0 Å². The van der Waals surface area contributed by atoms with Gasteiger partial charge >= 0.3 is 19.5 Å². The van der Waals surface area contributed by atoms with Crippen molar-refractivity contribution >= 4 is 0 Å². The molecule has 0 bridgehead atoms. The summed E-state index contributed by atoms with van der Waals surface area (Å²) in [6.07, 6.45) is 0. The van der Waals surface area contributed by atoms with Crippen molar-refractivity contribution in [3.8, 4) is 0 Å². The largest absolute Gasteiger partial charge is 2.00 e. The first-order valence-corrected chi connectivity index (χ1v) is 0. The predicted octanol–water partition coefficient (Wildman–Crippen LogP) is -7.64.